The summed E-state index contributed by atoms with van der Waals surface area (Å²) < 4.78 is 19.9. The van der Waals surface area contributed by atoms with Gasteiger partial charge in [0.25, 0.3) is 0 Å². The topological polar surface area (TPSA) is 88.1 Å². The molecule has 0 fully saturated rings. The molecule has 164 valence electrons. The largest absolute Gasteiger partial charge is 0.571 e. The van der Waals surface area contributed by atoms with E-state index >= 15 is 0 Å². The van der Waals surface area contributed by atoms with E-state index in [9.17, 15) is 19.2 Å². The summed E-state index contributed by atoms with van der Waals surface area (Å²) in [5.41, 5.74) is 2.87. The van der Waals surface area contributed by atoms with E-state index in [2.05, 4.69) is 5.10 Å². The number of ether oxygens (including phenoxy) is 1. The molecule has 0 N–H and O–H groups in total. The summed E-state index contributed by atoms with van der Waals surface area (Å²) in [7, 11) is 1.54. The van der Waals surface area contributed by atoms with Crippen molar-refractivity contribution in [2.75, 3.05) is 7.11 Å². The van der Waals surface area contributed by atoms with Crippen molar-refractivity contribution in [1.82, 2.24) is 9.78 Å². The number of hydrogen-bond donors (Lipinski definition) is 0. The van der Waals surface area contributed by atoms with Crippen molar-refractivity contribution in [1.29, 1.82) is 0 Å². The molecule has 1 aromatic heterocycles. The van der Waals surface area contributed by atoms with E-state index in [4.69, 9.17) is 4.74 Å². The van der Waals surface area contributed by atoms with Crippen molar-refractivity contribution in [3.8, 4) is 16.9 Å². The third-order valence-electron chi connectivity index (χ3n) is 5.78. The van der Waals surface area contributed by atoms with Gasteiger partial charge in [-0.25, -0.2) is 4.39 Å². The standard InChI is InChI=1S/C25H18FN3O4/c1-33-21-14-17(15-8-10-18(26)11-9-15)7-6-16(21)12-13-28-23-22(27-29(28)32)24(30)19-4-2-3-5-20(19)25(23)31/h2-11,14H,12-13H2,1H3. The fraction of sp³-hybridized carbons (Fsp3) is 0.120. The molecule has 8 heteroatoms. The first-order valence-electron chi connectivity index (χ1n) is 10.3. The second-order valence-electron chi connectivity index (χ2n) is 7.66. The number of aromatic nitrogens is 3. The summed E-state index contributed by atoms with van der Waals surface area (Å²) in [4.78, 5) is 26.1. The molecule has 3 aromatic carbocycles. The molecule has 0 spiro atoms. The van der Waals surface area contributed by atoms with Crippen LogP contribution < -0.4 is 9.70 Å². The van der Waals surface area contributed by atoms with Crippen LogP contribution in [0.5, 0.6) is 5.75 Å². The molecule has 0 radical (unpaired) electrons. The number of halogens is 1. The molecular formula is C25H18FN3O4. The van der Waals surface area contributed by atoms with E-state index in [-0.39, 0.29) is 34.9 Å². The van der Waals surface area contributed by atoms with Crippen LogP contribution in [-0.4, -0.2) is 28.5 Å². The second kappa shape index (κ2) is 7.98. The van der Waals surface area contributed by atoms with E-state index in [1.807, 2.05) is 18.2 Å². The van der Waals surface area contributed by atoms with Crippen molar-refractivity contribution in [3.63, 3.8) is 0 Å². The number of hydrogen-bond acceptors (Lipinski definition) is 5. The van der Waals surface area contributed by atoms with Crippen LogP contribution in [0.1, 0.15) is 37.7 Å². The monoisotopic (exact) mass is 443 g/mol. The smallest absolute Gasteiger partial charge is 0.220 e. The fourth-order valence-electron chi connectivity index (χ4n) is 4.10. The first-order valence-corrected chi connectivity index (χ1v) is 10.3. The summed E-state index contributed by atoms with van der Waals surface area (Å²) in [5, 5.41) is 16.3. The zero-order chi connectivity index (χ0) is 23.1. The van der Waals surface area contributed by atoms with Gasteiger partial charge in [-0.15, -0.1) is 4.68 Å². The molecule has 4 aromatic rings. The number of ketones is 2. The number of carbonyl (C=O) groups is 2. The van der Waals surface area contributed by atoms with Crippen LogP contribution in [0.2, 0.25) is 0 Å². The molecule has 5 rings (SSSR count). The molecule has 7 nitrogen and oxygen atoms in total. The summed E-state index contributed by atoms with van der Waals surface area (Å²) in [6, 6.07) is 18.2. The summed E-state index contributed by atoms with van der Waals surface area (Å²) in [6.45, 7) is 0.124. The minimum Gasteiger partial charge on any atom is -0.571 e. The van der Waals surface area contributed by atoms with E-state index in [0.717, 1.165) is 16.7 Å². The van der Waals surface area contributed by atoms with E-state index in [1.165, 1.54) is 16.8 Å². The van der Waals surface area contributed by atoms with E-state index in [0.29, 0.717) is 17.1 Å². The zero-order valence-electron chi connectivity index (χ0n) is 17.6. The Kier molecular flexibility index (Phi) is 4.97. The number of benzene rings is 3. The predicted molar refractivity (Wildman–Crippen MR) is 117 cm³/mol. The number of fused-ring (bicyclic) bond motifs is 2. The Labute approximate surface area is 188 Å². The third-order valence-corrected chi connectivity index (χ3v) is 5.78. The van der Waals surface area contributed by atoms with Gasteiger partial charge in [-0.3, -0.25) is 9.59 Å². The Balaban J connectivity index is 1.45. The van der Waals surface area contributed by atoms with Gasteiger partial charge < -0.3 is 9.94 Å². The zero-order valence-corrected chi connectivity index (χ0v) is 17.6. The second-order valence-corrected chi connectivity index (χ2v) is 7.66. The lowest BCUT2D eigenvalue weighted by atomic mass is 9.90. The van der Waals surface area contributed by atoms with Crippen LogP contribution in [0.25, 0.3) is 11.1 Å². The molecule has 0 bridgehead atoms. The van der Waals surface area contributed by atoms with E-state index in [1.54, 1.807) is 43.5 Å². The molecule has 0 aliphatic heterocycles. The summed E-state index contributed by atoms with van der Waals surface area (Å²) in [6.07, 6.45) is 0.362. The normalized spacial score (nSPS) is 12.4. The molecule has 0 saturated carbocycles. The van der Waals surface area contributed by atoms with Gasteiger partial charge in [0.1, 0.15) is 11.6 Å². The van der Waals surface area contributed by atoms with Crippen molar-refractivity contribution in [2.45, 2.75) is 13.0 Å². The fourth-order valence-corrected chi connectivity index (χ4v) is 4.10. The SMILES string of the molecule is COc1cc(-c2ccc(F)cc2)ccc1CCn1c2c(n[n+]1[O-])C(=O)c1ccccc1C2=O. The highest BCUT2D eigenvalue weighted by Crippen LogP contribution is 2.29. The summed E-state index contributed by atoms with van der Waals surface area (Å²) >= 11 is 0. The Morgan fingerprint density at radius 1 is 0.970 bits per heavy atom. The average molecular weight is 443 g/mol. The van der Waals surface area contributed by atoms with Crippen LogP contribution >= 0.6 is 0 Å². The number of carbonyl (C=O) groups excluding carboxylic acids is 2. The van der Waals surface area contributed by atoms with Gasteiger partial charge in [0, 0.05) is 21.2 Å². The molecule has 1 heterocycles. The molecule has 0 amide bonds. The van der Waals surface area contributed by atoms with Gasteiger partial charge in [-0.05, 0) is 41.3 Å². The Morgan fingerprint density at radius 3 is 2.33 bits per heavy atom. The quantitative estimate of drug-likeness (QED) is 0.307. The molecular weight excluding hydrogens is 425 g/mol. The van der Waals surface area contributed by atoms with Gasteiger partial charge in [0.2, 0.25) is 17.3 Å². The molecule has 0 saturated heterocycles. The van der Waals surface area contributed by atoms with Crippen molar-refractivity contribution < 1.29 is 23.7 Å². The molecule has 33 heavy (non-hydrogen) atoms. The van der Waals surface area contributed by atoms with Crippen LogP contribution in [-0.2, 0) is 13.0 Å². The minimum atomic E-state index is -0.440. The van der Waals surface area contributed by atoms with Crippen molar-refractivity contribution >= 4 is 11.6 Å². The molecule has 1 aliphatic rings. The maximum absolute atomic E-state index is 13.2. The molecule has 0 atom stereocenters. The van der Waals surface area contributed by atoms with Gasteiger partial charge >= 0.3 is 0 Å². The Morgan fingerprint density at radius 2 is 1.64 bits per heavy atom. The first-order chi connectivity index (χ1) is 16.0. The summed E-state index contributed by atoms with van der Waals surface area (Å²) in [5.74, 6) is -0.561. The van der Waals surface area contributed by atoms with Crippen LogP contribution in [0.4, 0.5) is 4.39 Å². The molecule has 1 aliphatic carbocycles. The maximum atomic E-state index is 13.2. The van der Waals surface area contributed by atoms with Gasteiger partial charge in [0.15, 0.2) is 5.69 Å². The van der Waals surface area contributed by atoms with Crippen molar-refractivity contribution in [2.24, 2.45) is 0 Å². The average Bonchev–Trinajstić information content (AvgIpc) is 3.18. The van der Waals surface area contributed by atoms with Crippen LogP contribution in [0, 0.1) is 11.0 Å². The highest BCUT2D eigenvalue weighted by Gasteiger charge is 2.39. The predicted octanol–water partition coefficient (Wildman–Crippen LogP) is 3.35. The maximum Gasteiger partial charge on any atom is 0.220 e. The Bertz CT molecular complexity index is 1410. The first kappa shape index (κ1) is 20.6. The van der Waals surface area contributed by atoms with Crippen LogP contribution in [0.15, 0.2) is 66.7 Å². The highest BCUT2D eigenvalue weighted by molar-refractivity contribution is 6.26. The lowest BCUT2D eigenvalue weighted by Gasteiger charge is -2.13. The lowest BCUT2D eigenvalue weighted by Crippen LogP contribution is -2.41. The van der Waals surface area contributed by atoms with Gasteiger partial charge in [-0.1, -0.05) is 48.5 Å². The Hall–Kier alpha value is -4.33. The minimum absolute atomic E-state index is 0.00407. The molecule has 0 unspecified atom stereocenters. The number of aryl methyl sites for hydroxylation is 1. The van der Waals surface area contributed by atoms with E-state index < -0.39 is 11.6 Å². The number of rotatable bonds is 5. The van der Waals surface area contributed by atoms with Gasteiger partial charge in [-0.2, -0.15) is 0 Å². The van der Waals surface area contributed by atoms with Crippen molar-refractivity contribution in [3.05, 3.63) is 106 Å². The number of methoxy groups -OCH3 is 1. The number of nitrogens with zero attached hydrogens (tertiary/aromatic N) is 3. The lowest BCUT2D eigenvalue weighted by molar-refractivity contribution is -0.749. The van der Waals surface area contributed by atoms with Gasteiger partial charge in [0.05, 0.1) is 13.7 Å². The highest BCUT2D eigenvalue weighted by atomic mass is 19.1. The third kappa shape index (κ3) is 3.45. The van der Waals surface area contributed by atoms with Crippen LogP contribution in [0.3, 0.4) is 0 Å².